The molecule has 0 aromatic heterocycles. The minimum Gasteiger partial charge on any atom is -0.489 e. The lowest BCUT2D eigenvalue weighted by Crippen LogP contribution is -2.47. The molecule has 1 atom stereocenters. The molecule has 148 valence electrons. The summed E-state index contributed by atoms with van der Waals surface area (Å²) < 4.78 is 5.91. The van der Waals surface area contributed by atoms with Crippen molar-refractivity contribution < 1.29 is 14.3 Å². The fourth-order valence-corrected chi connectivity index (χ4v) is 3.35. The summed E-state index contributed by atoms with van der Waals surface area (Å²) in [7, 11) is 1.79. The molecule has 28 heavy (non-hydrogen) atoms. The number of para-hydroxylation sites is 2. The van der Waals surface area contributed by atoms with E-state index in [1.165, 1.54) is 0 Å². The summed E-state index contributed by atoms with van der Waals surface area (Å²) in [6, 6.07) is 17.3. The zero-order valence-electron chi connectivity index (χ0n) is 16.4. The lowest BCUT2D eigenvalue weighted by atomic mass is 10.0. The van der Waals surface area contributed by atoms with Crippen LogP contribution in [-0.2, 0) is 9.59 Å². The molecule has 0 unspecified atom stereocenters. The number of rotatable bonds is 7. The Kier molecular flexibility index (Phi) is 6.66. The maximum absolute atomic E-state index is 13.2. The molecular formula is C22H27N3O3. The third-order valence-electron chi connectivity index (χ3n) is 4.68. The molecule has 0 bridgehead atoms. The van der Waals surface area contributed by atoms with Gasteiger partial charge in [-0.25, -0.2) is 0 Å². The Morgan fingerprint density at radius 3 is 2.57 bits per heavy atom. The van der Waals surface area contributed by atoms with E-state index >= 15 is 0 Å². The molecule has 2 aromatic rings. The maximum atomic E-state index is 13.2. The van der Waals surface area contributed by atoms with Crippen LogP contribution in [0.15, 0.2) is 54.6 Å². The zero-order valence-corrected chi connectivity index (χ0v) is 16.4. The average molecular weight is 381 g/mol. The normalized spacial score (nSPS) is 15.7. The molecule has 0 aliphatic carbocycles. The number of likely N-dealkylation sites (N-methyl/N-ethyl adjacent to an activating group) is 1. The second-order valence-corrected chi connectivity index (χ2v) is 6.99. The average Bonchev–Trinajstić information content (AvgIpc) is 2.71. The van der Waals surface area contributed by atoms with Gasteiger partial charge in [0, 0.05) is 6.54 Å². The number of hydrogen-bond acceptors (Lipinski definition) is 4. The van der Waals surface area contributed by atoms with Crippen LogP contribution in [0.25, 0.3) is 0 Å². The van der Waals surface area contributed by atoms with Crippen LogP contribution in [0, 0.1) is 0 Å². The van der Waals surface area contributed by atoms with Crippen molar-refractivity contribution in [3.05, 3.63) is 60.2 Å². The van der Waals surface area contributed by atoms with Crippen LogP contribution in [0.3, 0.4) is 0 Å². The van der Waals surface area contributed by atoms with Gasteiger partial charge in [-0.2, -0.15) is 0 Å². The van der Waals surface area contributed by atoms with E-state index in [4.69, 9.17) is 4.74 Å². The second kappa shape index (κ2) is 9.37. The Hall–Kier alpha value is -2.86. The predicted octanol–water partition coefficient (Wildman–Crippen LogP) is 2.61. The number of amides is 2. The van der Waals surface area contributed by atoms with Gasteiger partial charge in [-0.3, -0.25) is 19.4 Å². The van der Waals surface area contributed by atoms with Gasteiger partial charge in [0.2, 0.25) is 11.8 Å². The van der Waals surface area contributed by atoms with Crippen molar-refractivity contribution in [2.75, 3.05) is 38.2 Å². The Balaban J connectivity index is 1.78. The lowest BCUT2D eigenvalue weighted by Gasteiger charge is -2.38. The van der Waals surface area contributed by atoms with Crippen LogP contribution in [0.1, 0.15) is 24.9 Å². The van der Waals surface area contributed by atoms with E-state index in [1.807, 2.05) is 61.5 Å². The number of nitrogens with one attached hydrogen (secondary N) is 1. The molecule has 3 rings (SSSR count). The molecule has 6 nitrogen and oxygen atoms in total. The molecular weight excluding hydrogens is 354 g/mol. The van der Waals surface area contributed by atoms with Crippen molar-refractivity contribution >= 4 is 17.5 Å². The number of anilines is 1. The van der Waals surface area contributed by atoms with Crippen molar-refractivity contribution in [2.45, 2.75) is 19.4 Å². The Labute approximate surface area is 166 Å². The number of carbonyl (C=O) groups is 2. The van der Waals surface area contributed by atoms with Gasteiger partial charge in [-0.15, -0.1) is 0 Å². The largest absolute Gasteiger partial charge is 0.489 e. The Morgan fingerprint density at radius 2 is 1.82 bits per heavy atom. The number of benzene rings is 2. The van der Waals surface area contributed by atoms with Crippen LogP contribution in [0.2, 0.25) is 0 Å². The second-order valence-electron chi connectivity index (χ2n) is 6.99. The van der Waals surface area contributed by atoms with Crippen LogP contribution in [0.4, 0.5) is 5.69 Å². The topological polar surface area (TPSA) is 61.9 Å². The molecule has 0 fully saturated rings. The molecule has 2 amide bonds. The number of ether oxygens (including phenoxy) is 1. The van der Waals surface area contributed by atoms with Gasteiger partial charge >= 0.3 is 0 Å². The van der Waals surface area contributed by atoms with Gasteiger partial charge in [-0.05, 0) is 31.2 Å². The predicted molar refractivity (Wildman–Crippen MR) is 109 cm³/mol. The van der Waals surface area contributed by atoms with Crippen molar-refractivity contribution in [1.29, 1.82) is 0 Å². The SMILES string of the molecule is CCCNC(=O)CN(C)CC(=O)N1c2ccccc2OC[C@H]1c1ccccc1. The van der Waals surface area contributed by atoms with Crippen molar-refractivity contribution in [1.82, 2.24) is 10.2 Å². The van der Waals surface area contributed by atoms with Crippen LogP contribution >= 0.6 is 0 Å². The Morgan fingerprint density at radius 1 is 1.11 bits per heavy atom. The van der Waals surface area contributed by atoms with Crippen molar-refractivity contribution in [3.63, 3.8) is 0 Å². The summed E-state index contributed by atoms with van der Waals surface area (Å²) in [6.07, 6.45) is 0.887. The van der Waals surface area contributed by atoms with Crippen molar-refractivity contribution in [3.8, 4) is 5.75 Å². The minimum absolute atomic E-state index is 0.0598. The maximum Gasteiger partial charge on any atom is 0.241 e. The third kappa shape index (κ3) is 4.70. The monoisotopic (exact) mass is 381 g/mol. The highest BCUT2D eigenvalue weighted by molar-refractivity contribution is 5.97. The first-order chi connectivity index (χ1) is 13.6. The van der Waals surface area contributed by atoms with E-state index in [1.54, 1.807) is 16.8 Å². The molecule has 6 heteroatoms. The van der Waals surface area contributed by atoms with Crippen molar-refractivity contribution in [2.24, 2.45) is 0 Å². The molecule has 1 aliphatic rings. The highest BCUT2D eigenvalue weighted by Gasteiger charge is 2.33. The molecule has 1 N–H and O–H groups in total. The summed E-state index contributed by atoms with van der Waals surface area (Å²) in [5.74, 6) is 0.570. The first kappa shape index (κ1) is 19.9. The van der Waals surface area contributed by atoms with Gasteiger partial charge in [0.1, 0.15) is 12.4 Å². The fraction of sp³-hybridized carbons (Fsp3) is 0.364. The number of hydrogen-bond donors (Lipinski definition) is 1. The molecule has 1 heterocycles. The first-order valence-electron chi connectivity index (χ1n) is 9.64. The smallest absolute Gasteiger partial charge is 0.241 e. The van der Waals surface area contributed by atoms with E-state index in [0.29, 0.717) is 18.9 Å². The van der Waals surface area contributed by atoms with Gasteiger partial charge in [0.15, 0.2) is 0 Å². The van der Waals surface area contributed by atoms with Gasteiger partial charge in [-0.1, -0.05) is 49.4 Å². The van der Waals surface area contributed by atoms with E-state index in [-0.39, 0.29) is 30.9 Å². The molecule has 0 saturated heterocycles. The van der Waals surface area contributed by atoms with Crippen LogP contribution < -0.4 is 15.0 Å². The van der Waals surface area contributed by atoms with Gasteiger partial charge in [0.25, 0.3) is 0 Å². The summed E-state index contributed by atoms with van der Waals surface area (Å²) in [4.78, 5) is 28.7. The molecule has 0 spiro atoms. The van der Waals surface area contributed by atoms with Gasteiger partial charge < -0.3 is 10.1 Å². The summed E-state index contributed by atoms with van der Waals surface area (Å²) in [5.41, 5.74) is 1.78. The van der Waals surface area contributed by atoms with Gasteiger partial charge in [0.05, 0.1) is 24.8 Å². The highest BCUT2D eigenvalue weighted by Crippen LogP contribution is 2.39. The standard InChI is InChI=1S/C22H27N3O3/c1-3-13-23-21(26)14-24(2)15-22(27)25-18-11-7-8-12-20(18)28-16-19(25)17-9-5-4-6-10-17/h4-12,19H,3,13-16H2,1-2H3,(H,23,26)/t19-/m0/s1. The number of fused-ring (bicyclic) bond motifs is 1. The van der Waals surface area contributed by atoms with Crippen LogP contribution in [0.5, 0.6) is 5.75 Å². The molecule has 0 saturated carbocycles. The first-order valence-corrected chi connectivity index (χ1v) is 9.64. The van der Waals surface area contributed by atoms with Crippen LogP contribution in [-0.4, -0.2) is 50.0 Å². The fourth-order valence-electron chi connectivity index (χ4n) is 3.35. The summed E-state index contributed by atoms with van der Waals surface area (Å²) in [6.45, 7) is 3.39. The molecule has 1 aliphatic heterocycles. The number of nitrogens with zero attached hydrogens (tertiary/aromatic N) is 2. The zero-order chi connectivity index (χ0) is 19.9. The summed E-state index contributed by atoms with van der Waals surface area (Å²) >= 11 is 0. The lowest BCUT2D eigenvalue weighted by molar-refractivity contribution is -0.123. The quantitative estimate of drug-likeness (QED) is 0.801. The van der Waals surface area contributed by atoms with E-state index in [0.717, 1.165) is 17.7 Å². The highest BCUT2D eigenvalue weighted by atomic mass is 16.5. The van der Waals surface area contributed by atoms with E-state index < -0.39 is 0 Å². The molecule has 2 aromatic carbocycles. The van der Waals surface area contributed by atoms with E-state index in [2.05, 4.69) is 5.32 Å². The minimum atomic E-state index is -0.203. The number of carbonyl (C=O) groups excluding carboxylic acids is 2. The molecule has 0 radical (unpaired) electrons. The summed E-state index contributed by atoms with van der Waals surface area (Å²) in [5, 5.41) is 2.84. The Bertz CT molecular complexity index is 810. The third-order valence-corrected chi connectivity index (χ3v) is 4.68. The van der Waals surface area contributed by atoms with E-state index in [9.17, 15) is 9.59 Å².